The van der Waals surface area contributed by atoms with Gasteiger partial charge in [0, 0.05) is 30.8 Å². The van der Waals surface area contributed by atoms with Crippen LogP contribution in [0.25, 0.3) is 0 Å². The molecule has 0 spiro atoms. The summed E-state index contributed by atoms with van der Waals surface area (Å²) >= 11 is 0. The topological polar surface area (TPSA) is 40.6 Å². The minimum absolute atomic E-state index is 0.0134. The third-order valence-electron chi connectivity index (χ3n) is 5.35. The fraction of sp³-hybridized carbons (Fsp3) is 0.167. The van der Waals surface area contributed by atoms with Gasteiger partial charge in [-0.3, -0.25) is 9.69 Å². The average molecular weight is 370 g/mol. The number of amides is 2. The number of ketones is 1. The molecular formula is C24H22N2O2. The third-order valence-corrected chi connectivity index (χ3v) is 5.35. The van der Waals surface area contributed by atoms with Crippen LogP contribution in [0.2, 0.25) is 0 Å². The van der Waals surface area contributed by atoms with E-state index in [1.807, 2.05) is 79.7 Å². The molecule has 0 aromatic heterocycles. The maximum Gasteiger partial charge on any atom is 0.324 e. The van der Waals surface area contributed by atoms with Crippen molar-refractivity contribution in [3.63, 3.8) is 0 Å². The van der Waals surface area contributed by atoms with Crippen molar-refractivity contribution in [1.29, 1.82) is 0 Å². The molecule has 1 unspecified atom stereocenters. The van der Waals surface area contributed by atoms with Crippen molar-refractivity contribution in [1.82, 2.24) is 4.90 Å². The summed E-state index contributed by atoms with van der Waals surface area (Å²) in [5.41, 5.74) is 5.08. The number of benzene rings is 3. The number of fused-ring (bicyclic) bond motifs is 1. The summed E-state index contributed by atoms with van der Waals surface area (Å²) in [4.78, 5) is 29.3. The zero-order valence-corrected chi connectivity index (χ0v) is 16.2. The molecular weight excluding hydrogens is 348 g/mol. The monoisotopic (exact) mass is 370 g/mol. The first-order valence-corrected chi connectivity index (χ1v) is 9.29. The average Bonchev–Trinajstić information content (AvgIpc) is 2.72. The highest BCUT2D eigenvalue weighted by molar-refractivity contribution is 6.10. The Kier molecular flexibility index (Phi) is 4.47. The molecule has 28 heavy (non-hydrogen) atoms. The normalized spacial score (nSPS) is 16.1. The summed E-state index contributed by atoms with van der Waals surface area (Å²) in [5, 5.41) is 0. The van der Waals surface area contributed by atoms with Crippen LogP contribution in [-0.4, -0.2) is 30.8 Å². The van der Waals surface area contributed by atoms with Gasteiger partial charge in [0.2, 0.25) is 0 Å². The predicted molar refractivity (Wildman–Crippen MR) is 111 cm³/mol. The van der Waals surface area contributed by atoms with E-state index in [9.17, 15) is 9.59 Å². The van der Waals surface area contributed by atoms with Gasteiger partial charge >= 0.3 is 6.03 Å². The molecule has 0 aliphatic carbocycles. The first-order valence-electron chi connectivity index (χ1n) is 9.29. The van der Waals surface area contributed by atoms with E-state index >= 15 is 0 Å². The number of aryl methyl sites for hydroxylation is 1. The van der Waals surface area contributed by atoms with Gasteiger partial charge in [-0.15, -0.1) is 0 Å². The van der Waals surface area contributed by atoms with Crippen molar-refractivity contribution in [2.45, 2.75) is 13.0 Å². The van der Waals surface area contributed by atoms with Crippen LogP contribution < -0.4 is 4.90 Å². The largest absolute Gasteiger partial charge is 0.324 e. The standard InChI is InChI=1S/C24H22N2O2/c1-16-14-19(23(27)18-12-8-5-9-13-18)15-20-21(16)25(2)24(28)26(3)22(20)17-10-6-4-7-11-17/h4-15,22H,1-3H3. The molecule has 4 nitrogen and oxygen atoms in total. The maximum atomic E-state index is 13.1. The zero-order chi connectivity index (χ0) is 19.8. The lowest BCUT2D eigenvalue weighted by Gasteiger charge is -2.40. The molecule has 4 heteroatoms. The van der Waals surface area contributed by atoms with Crippen molar-refractivity contribution in [3.8, 4) is 0 Å². The summed E-state index contributed by atoms with van der Waals surface area (Å²) in [6, 6.07) is 22.7. The SMILES string of the molecule is Cc1cc(C(=O)c2ccccc2)cc2c1N(C)C(=O)N(C)C2c1ccccc1. The van der Waals surface area contributed by atoms with E-state index in [0.717, 1.165) is 22.4 Å². The zero-order valence-electron chi connectivity index (χ0n) is 16.2. The second kappa shape index (κ2) is 6.97. The molecule has 0 N–H and O–H groups in total. The van der Waals surface area contributed by atoms with Crippen LogP contribution in [0.15, 0.2) is 72.8 Å². The van der Waals surface area contributed by atoms with Crippen molar-refractivity contribution in [2.75, 3.05) is 19.0 Å². The van der Waals surface area contributed by atoms with Gasteiger partial charge in [-0.2, -0.15) is 0 Å². The fourth-order valence-electron chi connectivity index (χ4n) is 4.05. The highest BCUT2D eigenvalue weighted by Gasteiger charge is 2.36. The summed E-state index contributed by atoms with van der Waals surface area (Å²) in [6.45, 7) is 1.96. The Labute approximate surface area is 165 Å². The smallest absolute Gasteiger partial charge is 0.316 e. The molecule has 0 bridgehead atoms. The molecule has 140 valence electrons. The molecule has 1 aliphatic rings. The minimum atomic E-state index is -0.234. The highest BCUT2D eigenvalue weighted by atomic mass is 16.2. The van der Waals surface area contributed by atoms with Gasteiger partial charge < -0.3 is 4.90 Å². The summed E-state index contributed by atoms with van der Waals surface area (Å²) in [5.74, 6) is -0.0134. The molecule has 0 radical (unpaired) electrons. The Morgan fingerprint density at radius 3 is 2.11 bits per heavy atom. The van der Waals surface area contributed by atoms with Gasteiger partial charge in [0.15, 0.2) is 5.78 Å². The number of hydrogen-bond donors (Lipinski definition) is 0. The number of urea groups is 1. The van der Waals surface area contributed by atoms with Crippen molar-refractivity contribution in [2.24, 2.45) is 0 Å². The molecule has 1 heterocycles. The van der Waals surface area contributed by atoms with E-state index < -0.39 is 0 Å². The Morgan fingerprint density at radius 1 is 0.857 bits per heavy atom. The quantitative estimate of drug-likeness (QED) is 0.621. The summed E-state index contributed by atoms with van der Waals surface area (Å²) in [6.07, 6.45) is 0. The first kappa shape index (κ1) is 18.0. The third kappa shape index (κ3) is 2.87. The van der Waals surface area contributed by atoms with Gasteiger partial charge in [-0.25, -0.2) is 4.79 Å². The Hall–Kier alpha value is -3.40. The van der Waals surface area contributed by atoms with Gasteiger partial charge in [0.05, 0.1) is 11.7 Å². The molecule has 1 atom stereocenters. The summed E-state index contributed by atoms with van der Waals surface area (Å²) in [7, 11) is 3.59. The van der Waals surface area contributed by atoms with Crippen LogP contribution in [0, 0.1) is 6.92 Å². The lowest BCUT2D eigenvalue weighted by molar-refractivity contribution is 0.103. The molecule has 0 saturated heterocycles. The van der Waals surface area contributed by atoms with Crippen LogP contribution in [0.3, 0.4) is 0 Å². The molecule has 2 amide bonds. The van der Waals surface area contributed by atoms with Gasteiger partial charge in [0.25, 0.3) is 0 Å². The van der Waals surface area contributed by atoms with E-state index in [0.29, 0.717) is 11.1 Å². The molecule has 3 aromatic rings. The Morgan fingerprint density at radius 2 is 1.46 bits per heavy atom. The van der Waals surface area contributed by atoms with E-state index in [1.165, 1.54) is 0 Å². The van der Waals surface area contributed by atoms with Crippen LogP contribution >= 0.6 is 0 Å². The van der Waals surface area contributed by atoms with E-state index in [2.05, 4.69) is 0 Å². The Balaban J connectivity index is 1.91. The van der Waals surface area contributed by atoms with Crippen LogP contribution in [0.1, 0.15) is 38.7 Å². The second-order valence-corrected chi connectivity index (χ2v) is 7.19. The number of carbonyl (C=O) groups is 2. The number of nitrogens with zero attached hydrogens (tertiary/aromatic N) is 2. The number of rotatable bonds is 3. The second-order valence-electron chi connectivity index (χ2n) is 7.19. The highest BCUT2D eigenvalue weighted by Crippen LogP contribution is 2.41. The molecule has 3 aromatic carbocycles. The van der Waals surface area contributed by atoms with Crippen LogP contribution in [0.5, 0.6) is 0 Å². The summed E-state index contributed by atoms with van der Waals surface area (Å²) < 4.78 is 0. The van der Waals surface area contributed by atoms with Crippen LogP contribution in [0.4, 0.5) is 10.5 Å². The molecule has 0 fully saturated rings. The number of anilines is 1. The fourth-order valence-corrected chi connectivity index (χ4v) is 4.05. The Bertz CT molecular complexity index is 1040. The lowest BCUT2D eigenvalue weighted by atomic mass is 9.88. The minimum Gasteiger partial charge on any atom is -0.316 e. The van der Waals surface area contributed by atoms with Crippen LogP contribution in [-0.2, 0) is 0 Å². The van der Waals surface area contributed by atoms with Gasteiger partial charge in [-0.05, 0) is 30.2 Å². The van der Waals surface area contributed by atoms with Gasteiger partial charge in [0.1, 0.15) is 0 Å². The molecule has 1 aliphatic heterocycles. The van der Waals surface area contributed by atoms with Gasteiger partial charge in [-0.1, -0.05) is 60.7 Å². The predicted octanol–water partition coefficient (Wildman–Crippen LogP) is 4.82. The van der Waals surface area contributed by atoms with E-state index in [-0.39, 0.29) is 17.9 Å². The lowest BCUT2D eigenvalue weighted by Crippen LogP contribution is -2.46. The maximum absolute atomic E-state index is 13.1. The number of hydrogen-bond acceptors (Lipinski definition) is 2. The van der Waals surface area contributed by atoms with E-state index in [1.54, 1.807) is 23.9 Å². The van der Waals surface area contributed by atoms with Crippen molar-refractivity contribution in [3.05, 3.63) is 101 Å². The first-order chi connectivity index (χ1) is 13.5. The van der Waals surface area contributed by atoms with Crippen molar-refractivity contribution < 1.29 is 9.59 Å². The van der Waals surface area contributed by atoms with E-state index in [4.69, 9.17) is 0 Å². The molecule has 4 rings (SSSR count). The van der Waals surface area contributed by atoms with Crippen molar-refractivity contribution >= 4 is 17.5 Å². The number of carbonyl (C=O) groups excluding carboxylic acids is 2. The molecule has 0 saturated carbocycles.